The third-order valence-corrected chi connectivity index (χ3v) is 3.55. The van der Waals surface area contributed by atoms with E-state index in [0.717, 1.165) is 16.6 Å². The van der Waals surface area contributed by atoms with E-state index in [1.54, 1.807) is 30.5 Å². The van der Waals surface area contributed by atoms with E-state index in [4.69, 9.17) is 4.74 Å². The van der Waals surface area contributed by atoms with E-state index < -0.39 is 0 Å². The number of hydrogen-bond acceptors (Lipinski definition) is 4. The van der Waals surface area contributed by atoms with Crippen molar-refractivity contribution < 1.29 is 9.53 Å². The Balaban J connectivity index is 1.79. The Morgan fingerprint density at radius 1 is 1.30 bits per heavy atom. The Hall–Kier alpha value is -2.89. The smallest absolute Gasteiger partial charge is 0.253 e. The van der Waals surface area contributed by atoms with Crippen molar-refractivity contribution >= 4 is 16.9 Å². The number of rotatable bonds is 5. The van der Waals surface area contributed by atoms with Crippen LogP contribution >= 0.6 is 0 Å². The fourth-order valence-corrected chi connectivity index (χ4v) is 2.43. The predicted octanol–water partition coefficient (Wildman–Crippen LogP) is 2.63. The Bertz CT molecular complexity index is 828. The van der Waals surface area contributed by atoms with Crippen molar-refractivity contribution in [2.75, 3.05) is 13.7 Å². The molecule has 1 N–H and O–H groups in total. The third kappa shape index (κ3) is 3.15. The van der Waals surface area contributed by atoms with Gasteiger partial charge in [0, 0.05) is 24.4 Å². The molecule has 0 bridgehead atoms. The second-order valence-electron chi connectivity index (χ2n) is 5.20. The zero-order valence-corrected chi connectivity index (χ0v) is 13.1. The number of hydrogen-bond donors (Lipinski definition) is 1. The summed E-state index contributed by atoms with van der Waals surface area (Å²) in [5.74, 6) is 0.506. The predicted molar refractivity (Wildman–Crippen MR) is 87.3 cm³/mol. The molecule has 0 saturated carbocycles. The first-order chi connectivity index (χ1) is 11.2. The van der Waals surface area contributed by atoms with E-state index in [1.165, 1.54) is 0 Å². The molecule has 2 aromatic heterocycles. The standard InChI is InChI=1S/C17H18N4O2/c1-3-23-16-13(5-4-8-18-16)10-21(2)17(22)12-6-7-14-15(9-12)20-11-19-14/h4-9,11H,3,10H2,1-2H3,(H,19,20). The number of fused-ring (bicyclic) bond motifs is 1. The normalized spacial score (nSPS) is 10.7. The van der Waals surface area contributed by atoms with Crippen molar-refractivity contribution in [2.24, 2.45) is 0 Å². The zero-order valence-electron chi connectivity index (χ0n) is 13.1. The molecule has 0 aliphatic heterocycles. The Kier molecular flexibility index (Phi) is 4.23. The molecule has 23 heavy (non-hydrogen) atoms. The van der Waals surface area contributed by atoms with Gasteiger partial charge in [0.2, 0.25) is 5.88 Å². The number of amides is 1. The molecule has 2 heterocycles. The van der Waals surface area contributed by atoms with Crippen LogP contribution in [-0.2, 0) is 6.54 Å². The number of ether oxygens (including phenoxy) is 1. The molecular formula is C17H18N4O2. The van der Waals surface area contributed by atoms with Crippen LogP contribution in [-0.4, -0.2) is 39.4 Å². The van der Waals surface area contributed by atoms with Gasteiger partial charge in [0.15, 0.2) is 0 Å². The molecule has 0 spiro atoms. The maximum Gasteiger partial charge on any atom is 0.253 e. The maximum absolute atomic E-state index is 12.6. The lowest BCUT2D eigenvalue weighted by atomic mass is 10.1. The summed E-state index contributed by atoms with van der Waals surface area (Å²) in [7, 11) is 1.77. The molecule has 3 aromatic rings. The molecule has 0 atom stereocenters. The van der Waals surface area contributed by atoms with Crippen molar-refractivity contribution in [1.29, 1.82) is 0 Å². The highest BCUT2D eigenvalue weighted by Gasteiger charge is 2.15. The number of aromatic nitrogens is 3. The van der Waals surface area contributed by atoms with Gasteiger partial charge in [-0.1, -0.05) is 6.07 Å². The van der Waals surface area contributed by atoms with E-state index in [1.807, 2.05) is 31.2 Å². The van der Waals surface area contributed by atoms with Gasteiger partial charge in [-0.15, -0.1) is 0 Å². The second-order valence-corrected chi connectivity index (χ2v) is 5.20. The van der Waals surface area contributed by atoms with Crippen molar-refractivity contribution in [3.63, 3.8) is 0 Å². The first-order valence-electron chi connectivity index (χ1n) is 7.44. The number of carbonyl (C=O) groups is 1. The van der Waals surface area contributed by atoms with Crippen LogP contribution < -0.4 is 4.74 Å². The van der Waals surface area contributed by atoms with Gasteiger partial charge < -0.3 is 14.6 Å². The third-order valence-electron chi connectivity index (χ3n) is 3.55. The van der Waals surface area contributed by atoms with E-state index >= 15 is 0 Å². The monoisotopic (exact) mass is 310 g/mol. The van der Waals surface area contributed by atoms with Crippen molar-refractivity contribution in [1.82, 2.24) is 19.9 Å². The van der Waals surface area contributed by atoms with Crippen molar-refractivity contribution in [3.8, 4) is 5.88 Å². The van der Waals surface area contributed by atoms with Crippen LogP contribution in [0, 0.1) is 0 Å². The van der Waals surface area contributed by atoms with Gasteiger partial charge in [-0.2, -0.15) is 0 Å². The molecule has 118 valence electrons. The largest absolute Gasteiger partial charge is 0.478 e. The quantitative estimate of drug-likeness (QED) is 0.786. The van der Waals surface area contributed by atoms with Crippen LogP contribution in [0.4, 0.5) is 0 Å². The average Bonchev–Trinajstić information content (AvgIpc) is 3.03. The molecule has 0 aliphatic carbocycles. The first kappa shape index (κ1) is 15.0. The molecule has 0 saturated heterocycles. The number of aromatic amines is 1. The lowest BCUT2D eigenvalue weighted by Crippen LogP contribution is -2.26. The highest BCUT2D eigenvalue weighted by atomic mass is 16.5. The number of carbonyl (C=O) groups excluding carboxylic acids is 1. The number of H-pyrrole nitrogens is 1. The van der Waals surface area contributed by atoms with Gasteiger partial charge in [0.1, 0.15) is 0 Å². The number of pyridine rings is 1. The highest BCUT2D eigenvalue weighted by Crippen LogP contribution is 2.18. The maximum atomic E-state index is 12.6. The number of imidazole rings is 1. The van der Waals surface area contributed by atoms with Gasteiger partial charge in [-0.25, -0.2) is 9.97 Å². The van der Waals surface area contributed by atoms with Crippen LogP contribution in [0.25, 0.3) is 11.0 Å². The molecule has 0 radical (unpaired) electrons. The lowest BCUT2D eigenvalue weighted by Gasteiger charge is -2.18. The van der Waals surface area contributed by atoms with Crippen LogP contribution in [0.3, 0.4) is 0 Å². The Morgan fingerprint density at radius 3 is 3.00 bits per heavy atom. The molecule has 0 aliphatic rings. The van der Waals surface area contributed by atoms with E-state index in [-0.39, 0.29) is 5.91 Å². The van der Waals surface area contributed by atoms with Crippen LogP contribution in [0.15, 0.2) is 42.9 Å². The Labute approximate surface area is 134 Å². The summed E-state index contributed by atoms with van der Waals surface area (Å²) in [4.78, 5) is 25.7. The van der Waals surface area contributed by atoms with Gasteiger partial charge in [-0.05, 0) is 31.2 Å². The van der Waals surface area contributed by atoms with Crippen LogP contribution in [0.1, 0.15) is 22.8 Å². The number of nitrogens with zero attached hydrogens (tertiary/aromatic N) is 3. The molecule has 6 nitrogen and oxygen atoms in total. The SMILES string of the molecule is CCOc1ncccc1CN(C)C(=O)c1ccc2nc[nH]c2c1. The zero-order chi connectivity index (χ0) is 16.2. The summed E-state index contributed by atoms with van der Waals surface area (Å²) in [5.41, 5.74) is 3.19. The fourth-order valence-electron chi connectivity index (χ4n) is 2.43. The van der Waals surface area contributed by atoms with Crippen molar-refractivity contribution in [2.45, 2.75) is 13.5 Å². The molecule has 1 aromatic carbocycles. The van der Waals surface area contributed by atoms with Crippen molar-refractivity contribution in [3.05, 3.63) is 54.0 Å². The topological polar surface area (TPSA) is 71.1 Å². The summed E-state index contributed by atoms with van der Waals surface area (Å²) in [6, 6.07) is 9.19. The highest BCUT2D eigenvalue weighted by molar-refractivity contribution is 5.97. The molecule has 6 heteroatoms. The van der Waals surface area contributed by atoms with E-state index in [9.17, 15) is 4.79 Å². The minimum Gasteiger partial charge on any atom is -0.478 e. The minimum atomic E-state index is -0.0622. The minimum absolute atomic E-state index is 0.0622. The summed E-state index contributed by atoms with van der Waals surface area (Å²) in [5, 5.41) is 0. The van der Waals surface area contributed by atoms with Gasteiger partial charge >= 0.3 is 0 Å². The average molecular weight is 310 g/mol. The lowest BCUT2D eigenvalue weighted by molar-refractivity contribution is 0.0784. The van der Waals surface area contributed by atoms with E-state index in [2.05, 4.69) is 15.0 Å². The van der Waals surface area contributed by atoms with Crippen LogP contribution in [0.2, 0.25) is 0 Å². The summed E-state index contributed by atoms with van der Waals surface area (Å²) in [6.45, 7) is 2.88. The van der Waals surface area contributed by atoms with Gasteiger partial charge in [0.05, 0.1) is 30.5 Å². The molecular weight excluding hydrogens is 292 g/mol. The van der Waals surface area contributed by atoms with Gasteiger partial charge in [0.25, 0.3) is 5.91 Å². The summed E-state index contributed by atoms with van der Waals surface area (Å²) in [6.07, 6.45) is 3.30. The molecule has 3 rings (SSSR count). The van der Waals surface area contributed by atoms with Gasteiger partial charge in [-0.3, -0.25) is 4.79 Å². The molecule has 0 fully saturated rings. The Morgan fingerprint density at radius 2 is 2.17 bits per heavy atom. The summed E-state index contributed by atoms with van der Waals surface area (Å²) >= 11 is 0. The molecule has 0 unspecified atom stereocenters. The summed E-state index contributed by atoms with van der Waals surface area (Å²) < 4.78 is 5.51. The molecule has 1 amide bonds. The van der Waals surface area contributed by atoms with E-state index in [0.29, 0.717) is 24.6 Å². The first-order valence-corrected chi connectivity index (χ1v) is 7.44. The second kappa shape index (κ2) is 6.48. The fraction of sp³-hybridized carbons (Fsp3) is 0.235. The van der Waals surface area contributed by atoms with Crippen LogP contribution in [0.5, 0.6) is 5.88 Å². The number of nitrogens with one attached hydrogen (secondary N) is 1. The number of benzene rings is 1.